The smallest absolute Gasteiger partial charge is 0.111 e. The molecule has 0 radical (unpaired) electrons. The second kappa shape index (κ2) is 17.8. The molecule has 1 aromatic carbocycles. The largest absolute Gasteiger partial charge is 0.390 e. The van der Waals surface area contributed by atoms with E-state index in [9.17, 15) is 15.3 Å². The Morgan fingerprint density at radius 2 is 1.64 bits per heavy atom. The van der Waals surface area contributed by atoms with Gasteiger partial charge in [-0.05, 0) is 115 Å². The molecule has 0 spiro atoms. The van der Waals surface area contributed by atoms with Gasteiger partial charge in [0, 0.05) is 12.8 Å². The minimum absolute atomic E-state index is 0.0714. The third-order valence-corrected chi connectivity index (χ3v) is 12.9. The summed E-state index contributed by atoms with van der Waals surface area (Å²) in [6, 6.07) is 9.73. The second-order valence-electron chi connectivity index (χ2n) is 17.1. The Morgan fingerprint density at radius 1 is 0.887 bits per heavy atom. The van der Waals surface area contributed by atoms with E-state index in [-0.39, 0.29) is 48.8 Å². The molecule has 8 heteroatoms. The lowest BCUT2D eigenvalue weighted by molar-refractivity contribution is -0.271. The van der Waals surface area contributed by atoms with Crippen molar-refractivity contribution in [3.63, 3.8) is 0 Å². The van der Waals surface area contributed by atoms with Gasteiger partial charge in [-0.1, -0.05) is 73.7 Å². The van der Waals surface area contributed by atoms with E-state index < -0.39 is 29.5 Å². The Morgan fingerprint density at radius 3 is 2.42 bits per heavy atom. The first-order valence-corrected chi connectivity index (χ1v) is 20.4. The molecular weight excluding hydrogens is 668 g/mol. The molecule has 6 rings (SSSR count). The number of hydrogen-bond acceptors (Lipinski definition) is 8. The molecule has 5 aliphatic rings. The highest BCUT2D eigenvalue weighted by molar-refractivity contribution is 5.31. The van der Waals surface area contributed by atoms with Crippen LogP contribution in [0.5, 0.6) is 0 Å². The number of aliphatic hydroxyl groups excluding tert-OH is 2. The SMILES string of the molecule is C=C/C=C\CCC1OC2CCC3(C)OC4C(O)CC5OC(CC/C=C(C)/C(C)=C/C(O)c6ccccc6)C(C)CC5OC4CC3OC2CCCC1(C)O. The van der Waals surface area contributed by atoms with Crippen LogP contribution in [0.25, 0.3) is 0 Å². The molecule has 0 aliphatic carbocycles. The molecular formula is C45H66O8. The number of hydrogen-bond donors (Lipinski definition) is 3. The number of fused-ring (bicyclic) bond motifs is 4. The standard InChI is InChI=1S/C45H66O8/c1-7-8-9-13-21-41-44(5,48)23-15-20-36-37(51-41)22-24-45(6)42(52-36)28-40-43(53-45)34(47)27-39-38(50-40)26-31(4)35(49-39)19-14-16-29(2)30(3)25-33(46)32-17-11-10-12-18-32/h7-12,16-18,25,31,33-43,46-48H,1,13-15,19-24,26-28H2,2-6H3/b9-8-,29-16+,30-25+. The molecule has 0 bridgehead atoms. The average Bonchev–Trinajstić information content (AvgIpc) is 3.33. The zero-order valence-electron chi connectivity index (χ0n) is 32.8. The first kappa shape index (κ1) is 40.5. The van der Waals surface area contributed by atoms with Crippen LogP contribution in [0, 0.1) is 5.92 Å². The zero-order chi connectivity index (χ0) is 37.8. The van der Waals surface area contributed by atoms with E-state index in [0.29, 0.717) is 25.2 Å². The lowest BCUT2D eigenvalue weighted by atomic mass is 9.83. The molecule has 5 saturated heterocycles. The van der Waals surface area contributed by atoms with Crippen LogP contribution in [0.15, 0.2) is 78.4 Å². The molecule has 0 saturated carbocycles. The van der Waals surface area contributed by atoms with Crippen molar-refractivity contribution in [2.45, 2.75) is 190 Å². The third kappa shape index (κ3) is 9.82. The summed E-state index contributed by atoms with van der Waals surface area (Å²) in [6.45, 7) is 14.2. The van der Waals surface area contributed by atoms with Crippen molar-refractivity contribution in [2.24, 2.45) is 5.92 Å². The highest BCUT2D eigenvalue weighted by Gasteiger charge is 2.55. The minimum atomic E-state index is -0.897. The first-order valence-electron chi connectivity index (χ1n) is 20.4. The van der Waals surface area contributed by atoms with Gasteiger partial charge in [-0.2, -0.15) is 0 Å². The van der Waals surface area contributed by atoms with Crippen molar-refractivity contribution < 1.29 is 39.0 Å². The minimum Gasteiger partial charge on any atom is -0.390 e. The molecule has 3 N–H and O–H groups in total. The van der Waals surface area contributed by atoms with Gasteiger partial charge in [0.2, 0.25) is 0 Å². The second-order valence-corrected chi connectivity index (χ2v) is 17.1. The van der Waals surface area contributed by atoms with E-state index in [1.807, 2.05) is 56.3 Å². The van der Waals surface area contributed by atoms with Crippen molar-refractivity contribution in [3.8, 4) is 0 Å². The molecule has 0 aromatic heterocycles. The quantitative estimate of drug-likeness (QED) is 0.208. The Kier molecular flexibility index (Phi) is 13.6. The molecule has 14 atom stereocenters. The van der Waals surface area contributed by atoms with Gasteiger partial charge in [-0.15, -0.1) is 0 Å². The van der Waals surface area contributed by atoms with Gasteiger partial charge < -0.3 is 39.0 Å². The molecule has 1 aromatic rings. The van der Waals surface area contributed by atoms with Gasteiger partial charge >= 0.3 is 0 Å². The maximum absolute atomic E-state index is 11.7. The Hall–Kier alpha value is -2.14. The highest BCUT2D eigenvalue weighted by Crippen LogP contribution is 2.46. The van der Waals surface area contributed by atoms with E-state index in [2.05, 4.69) is 39.5 Å². The van der Waals surface area contributed by atoms with Crippen LogP contribution in [0.4, 0.5) is 0 Å². The maximum atomic E-state index is 11.7. The molecule has 0 amide bonds. The van der Waals surface area contributed by atoms with Gasteiger partial charge in [0.1, 0.15) is 6.10 Å². The number of ether oxygens (including phenoxy) is 5. The number of aliphatic hydroxyl groups is 3. The lowest BCUT2D eigenvalue weighted by Crippen LogP contribution is -2.59. The highest BCUT2D eigenvalue weighted by atomic mass is 16.6. The summed E-state index contributed by atoms with van der Waals surface area (Å²) in [4.78, 5) is 0. The van der Waals surface area contributed by atoms with Crippen molar-refractivity contribution in [3.05, 3.63) is 84.0 Å². The summed E-state index contributed by atoms with van der Waals surface area (Å²) in [5.41, 5.74) is 1.63. The number of rotatable bonds is 10. The van der Waals surface area contributed by atoms with Crippen LogP contribution >= 0.6 is 0 Å². The van der Waals surface area contributed by atoms with Crippen LogP contribution in [-0.4, -0.2) is 87.6 Å². The Labute approximate surface area is 318 Å². The fraction of sp³-hybridized carbons (Fsp3) is 0.689. The van der Waals surface area contributed by atoms with Crippen LogP contribution in [0.1, 0.15) is 123 Å². The fourth-order valence-electron chi connectivity index (χ4n) is 9.41. The topological polar surface area (TPSA) is 107 Å². The van der Waals surface area contributed by atoms with Crippen LogP contribution in [0.3, 0.4) is 0 Å². The van der Waals surface area contributed by atoms with Crippen LogP contribution in [0.2, 0.25) is 0 Å². The molecule has 5 heterocycles. The fourth-order valence-corrected chi connectivity index (χ4v) is 9.41. The summed E-state index contributed by atoms with van der Waals surface area (Å²) in [6.07, 6.45) is 16.2. The zero-order valence-corrected chi connectivity index (χ0v) is 32.8. The van der Waals surface area contributed by atoms with E-state index in [0.717, 1.165) is 74.5 Å². The van der Waals surface area contributed by atoms with Crippen molar-refractivity contribution in [1.29, 1.82) is 0 Å². The van der Waals surface area contributed by atoms with Crippen molar-refractivity contribution >= 4 is 0 Å². The molecule has 294 valence electrons. The Balaban J connectivity index is 1.07. The average molecular weight is 735 g/mol. The Bertz CT molecular complexity index is 1440. The van der Waals surface area contributed by atoms with Gasteiger partial charge in [0.25, 0.3) is 0 Å². The number of benzene rings is 1. The summed E-state index contributed by atoms with van der Waals surface area (Å²) >= 11 is 0. The predicted octanol–water partition coefficient (Wildman–Crippen LogP) is 8.01. The van der Waals surface area contributed by atoms with Gasteiger partial charge in [-0.3, -0.25) is 0 Å². The monoisotopic (exact) mass is 734 g/mol. The molecule has 8 nitrogen and oxygen atoms in total. The van der Waals surface area contributed by atoms with Crippen LogP contribution < -0.4 is 0 Å². The van der Waals surface area contributed by atoms with E-state index >= 15 is 0 Å². The van der Waals surface area contributed by atoms with Gasteiger partial charge in [-0.25, -0.2) is 0 Å². The van der Waals surface area contributed by atoms with E-state index in [1.54, 1.807) is 6.08 Å². The lowest BCUT2D eigenvalue weighted by Gasteiger charge is -2.48. The maximum Gasteiger partial charge on any atom is 0.111 e. The normalized spacial score (nSPS) is 41.8. The van der Waals surface area contributed by atoms with E-state index in [1.165, 1.54) is 0 Å². The van der Waals surface area contributed by atoms with Gasteiger partial charge in [0.05, 0.1) is 72.2 Å². The predicted molar refractivity (Wildman–Crippen MR) is 207 cm³/mol. The molecule has 5 fully saturated rings. The van der Waals surface area contributed by atoms with Crippen molar-refractivity contribution in [2.75, 3.05) is 0 Å². The number of allylic oxidation sites excluding steroid dienone is 6. The van der Waals surface area contributed by atoms with Crippen LogP contribution in [-0.2, 0) is 23.7 Å². The molecule has 5 aliphatic heterocycles. The summed E-state index contributed by atoms with van der Waals surface area (Å²) in [7, 11) is 0. The van der Waals surface area contributed by atoms with E-state index in [4.69, 9.17) is 23.7 Å². The molecule has 14 unspecified atom stereocenters. The molecule has 53 heavy (non-hydrogen) atoms. The summed E-state index contributed by atoms with van der Waals surface area (Å²) in [5.74, 6) is 0.310. The first-order chi connectivity index (χ1) is 25.4. The summed E-state index contributed by atoms with van der Waals surface area (Å²) < 4.78 is 34.2. The summed E-state index contributed by atoms with van der Waals surface area (Å²) in [5, 5.41) is 33.7. The van der Waals surface area contributed by atoms with Crippen molar-refractivity contribution in [1.82, 2.24) is 0 Å². The van der Waals surface area contributed by atoms with Gasteiger partial charge in [0.15, 0.2) is 0 Å². The third-order valence-electron chi connectivity index (χ3n) is 12.9.